The second kappa shape index (κ2) is 3.35. The molecule has 0 amide bonds. The highest BCUT2D eigenvalue weighted by Crippen LogP contribution is 1.93. The van der Waals surface area contributed by atoms with Crippen molar-refractivity contribution in [3.63, 3.8) is 0 Å². The molecule has 70 valence electrons. The first-order valence-electron chi connectivity index (χ1n) is 4.99. The van der Waals surface area contributed by atoms with Crippen molar-refractivity contribution in [2.24, 2.45) is 9.81 Å². The van der Waals surface area contributed by atoms with E-state index in [9.17, 15) is 0 Å². The highest BCUT2D eigenvalue weighted by molar-refractivity contribution is 6.70. The molecule has 1 heterocycles. The first kappa shape index (κ1) is 8.42. The molecule has 0 spiro atoms. The van der Waals surface area contributed by atoms with Gasteiger partial charge in [0.2, 0.25) is 0 Å². The second-order valence-electron chi connectivity index (χ2n) is 3.53. The van der Waals surface area contributed by atoms with Crippen LogP contribution in [0, 0.1) is 0 Å². The van der Waals surface area contributed by atoms with Crippen LogP contribution in [-0.4, -0.2) is 6.98 Å². The summed E-state index contributed by atoms with van der Waals surface area (Å²) in [5.41, 5.74) is 1.15. The van der Waals surface area contributed by atoms with Crippen LogP contribution in [0.1, 0.15) is 0 Å². The summed E-state index contributed by atoms with van der Waals surface area (Å²) in [6.07, 6.45) is 0. The van der Waals surface area contributed by atoms with Gasteiger partial charge in [0.15, 0.2) is 0 Å². The fraction of sp³-hybridized carbons (Fsp3) is 0. The zero-order valence-electron chi connectivity index (χ0n) is 8.17. The number of rotatable bonds is 1. The first-order valence-corrected chi connectivity index (χ1v) is 4.99. The van der Waals surface area contributed by atoms with Crippen LogP contribution in [0.4, 0.5) is 0 Å². The Bertz CT molecular complexity index is 558. The van der Waals surface area contributed by atoms with Crippen LogP contribution in [0.25, 0.3) is 0 Å². The number of benzene rings is 2. The topological polar surface area (TPSA) is 24.7 Å². The molecule has 0 aliphatic carbocycles. The van der Waals surface area contributed by atoms with Gasteiger partial charge >= 0.3 is 6.98 Å². The molecule has 0 radical (unpaired) electrons. The summed E-state index contributed by atoms with van der Waals surface area (Å²) in [5, 5.41) is 1.98. The Labute approximate surface area is 88.1 Å². The Kier molecular flexibility index (Phi) is 1.88. The van der Waals surface area contributed by atoms with Crippen molar-refractivity contribution in [1.82, 2.24) is 0 Å². The largest absolute Gasteiger partial charge is 0.449 e. The summed E-state index contributed by atoms with van der Waals surface area (Å²) in [6.45, 7) is -0.0522. The lowest BCUT2D eigenvalue weighted by molar-refractivity contribution is 1.37. The number of nitrogens with zero attached hydrogens (tertiary/aromatic N) is 2. The average molecular weight is 192 g/mol. The van der Waals surface area contributed by atoms with Crippen LogP contribution >= 0.6 is 0 Å². The fourth-order valence-electron chi connectivity index (χ4n) is 1.75. The predicted molar refractivity (Wildman–Crippen MR) is 60.6 cm³/mol. The van der Waals surface area contributed by atoms with Gasteiger partial charge in [0.1, 0.15) is 0 Å². The van der Waals surface area contributed by atoms with Crippen LogP contribution in [0.3, 0.4) is 0 Å². The molecule has 0 saturated heterocycles. The number of fused-ring (bicyclic) bond motifs is 1. The van der Waals surface area contributed by atoms with Crippen LogP contribution in [0.5, 0.6) is 0 Å². The average Bonchev–Trinajstić information content (AvgIpc) is 2.74. The van der Waals surface area contributed by atoms with Crippen molar-refractivity contribution in [2.75, 3.05) is 0 Å². The van der Waals surface area contributed by atoms with Gasteiger partial charge in [-0.1, -0.05) is 42.5 Å². The van der Waals surface area contributed by atoms with Gasteiger partial charge in [-0.3, -0.25) is 0 Å². The Morgan fingerprint density at radius 3 is 1.80 bits per heavy atom. The normalized spacial score (nSPS) is 12.9. The van der Waals surface area contributed by atoms with Gasteiger partial charge in [-0.05, 0) is 17.6 Å². The van der Waals surface area contributed by atoms with E-state index in [0.29, 0.717) is 0 Å². The standard InChI is InChI=1S/C12H9BN2/c1-2-6-10(7-3-1)13-14-11-8-4-5-9-12(11)15-13/h1-9H. The molecular weight excluding hydrogens is 183 g/mol. The van der Waals surface area contributed by atoms with Crippen molar-refractivity contribution in [2.45, 2.75) is 0 Å². The summed E-state index contributed by atoms with van der Waals surface area (Å²) in [5.74, 6) is 0. The molecule has 15 heavy (non-hydrogen) atoms. The first-order chi connectivity index (χ1) is 7.43. The maximum absolute atomic E-state index is 4.56. The van der Waals surface area contributed by atoms with Gasteiger partial charge in [0.25, 0.3) is 0 Å². The third-order valence-electron chi connectivity index (χ3n) is 2.50. The third kappa shape index (κ3) is 1.46. The van der Waals surface area contributed by atoms with Gasteiger partial charge in [0.05, 0.1) is 10.7 Å². The SMILES string of the molecule is c1ccc(B2N=c3ccccc3=N2)cc1. The monoisotopic (exact) mass is 192 g/mol. The number of hydrogen-bond acceptors (Lipinski definition) is 2. The van der Waals surface area contributed by atoms with Gasteiger partial charge in [-0.2, -0.15) is 0 Å². The molecule has 2 aromatic rings. The van der Waals surface area contributed by atoms with E-state index in [1.54, 1.807) is 0 Å². The minimum atomic E-state index is -0.0522. The zero-order valence-corrected chi connectivity index (χ0v) is 8.17. The van der Waals surface area contributed by atoms with Gasteiger partial charge in [-0.15, -0.1) is 0 Å². The van der Waals surface area contributed by atoms with Crippen molar-refractivity contribution in [3.05, 3.63) is 65.3 Å². The Morgan fingerprint density at radius 1 is 0.667 bits per heavy atom. The molecule has 3 heteroatoms. The highest BCUT2D eigenvalue weighted by atomic mass is 14.9. The van der Waals surface area contributed by atoms with Crippen LogP contribution in [0.15, 0.2) is 64.4 Å². The molecule has 2 aromatic carbocycles. The molecule has 0 fully saturated rings. The van der Waals surface area contributed by atoms with Gasteiger partial charge < -0.3 is 9.81 Å². The zero-order chi connectivity index (χ0) is 10.1. The van der Waals surface area contributed by atoms with E-state index in [2.05, 4.69) is 21.9 Å². The molecule has 0 atom stereocenters. The van der Waals surface area contributed by atoms with Gasteiger partial charge in [0, 0.05) is 0 Å². The summed E-state index contributed by atoms with van der Waals surface area (Å²) >= 11 is 0. The molecule has 0 bridgehead atoms. The van der Waals surface area contributed by atoms with Crippen LogP contribution in [-0.2, 0) is 0 Å². The molecule has 0 unspecified atom stereocenters. The highest BCUT2D eigenvalue weighted by Gasteiger charge is 2.18. The van der Waals surface area contributed by atoms with Crippen molar-refractivity contribution >= 4 is 12.4 Å². The summed E-state index contributed by atoms with van der Waals surface area (Å²) in [4.78, 5) is 9.11. The lowest BCUT2D eigenvalue weighted by Crippen LogP contribution is -2.25. The van der Waals surface area contributed by atoms with Crippen LogP contribution < -0.4 is 16.2 Å². The summed E-state index contributed by atoms with van der Waals surface area (Å²) in [7, 11) is 0. The lowest BCUT2D eigenvalue weighted by Gasteiger charge is -1.97. The third-order valence-corrected chi connectivity index (χ3v) is 2.50. The van der Waals surface area contributed by atoms with Crippen molar-refractivity contribution in [3.8, 4) is 0 Å². The van der Waals surface area contributed by atoms with Crippen molar-refractivity contribution < 1.29 is 0 Å². The van der Waals surface area contributed by atoms with E-state index in [0.717, 1.165) is 16.2 Å². The molecule has 2 nitrogen and oxygen atoms in total. The molecule has 1 aliphatic heterocycles. The summed E-state index contributed by atoms with van der Waals surface area (Å²) < 4.78 is 0. The van der Waals surface area contributed by atoms with Crippen molar-refractivity contribution in [1.29, 1.82) is 0 Å². The minimum absolute atomic E-state index is 0.0522. The molecule has 1 aliphatic rings. The van der Waals surface area contributed by atoms with E-state index in [1.807, 2.05) is 42.5 Å². The molecule has 0 aromatic heterocycles. The van der Waals surface area contributed by atoms with E-state index < -0.39 is 0 Å². The predicted octanol–water partition coefficient (Wildman–Crippen LogP) is 0.335. The van der Waals surface area contributed by atoms with Gasteiger partial charge in [-0.25, -0.2) is 0 Å². The van der Waals surface area contributed by atoms with E-state index >= 15 is 0 Å². The van der Waals surface area contributed by atoms with E-state index in [-0.39, 0.29) is 6.98 Å². The minimum Gasteiger partial charge on any atom is -0.307 e. The maximum Gasteiger partial charge on any atom is 0.449 e. The van der Waals surface area contributed by atoms with Crippen LogP contribution in [0.2, 0.25) is 0 Å². The summed E-state index contributed by atoms with van der Waals surface area (Å²) in [6, 6.07) is 18.1. The molecule has 3 rings (SSSR count). The Hall–Kier alpha value is -1.90. The van der Waals surface area contributed by atoms with E-state index in [1.165, 1.54) is 0 Å². The smallest absolute Gasteiger partial charge is 0.307 e. The number of hydrogen-bond donors (Lipinski definition) is 0. The maximum atomic E-state index is 4.56. The molecular formula is C12H9BN2. The Balaban J connectivity index is 2.12. The lowest BCUT2D eigenvalue weighted by atomic mass is 9.71. The molecule has 0 N–H and O–H groups in total. The Morgan fingerprint density at radius 2 is 1.20 bits per heavy atom. The fourth-order valence-corrected chi connectivity index (χ4v) is 1.75. The van der Waals surface area contributed by atoms with E-state index in [4.69, 9.17) is 0 Å². The second-order valence-corrected chi connectivity index (χ2v) is 3.53. The molecule has 0 saturated carbocycles. The quantitative estimate of drug-likeness (QED) is 0.582.